The molecule has 0 aliphatic rings. The molecule has 10 heteroatoms. The topological polar surface area (TPSA) is 131 Å². The number of nitrogens with one attached hydrogen (secondary N) is 3. The summed E-state index contributed by atoms with van der Waals surface area (Å²) in [5.41, 5.74) is 3.51. The van der Waals surface area contributed by atoms with Crippen LogP contribution in [0.15, 0.2) is 108 Å². The quantitative estimate of drug-likeness (QED) is 0.119. The van der Waals surface area contributed by atoms with Crippen molar-refractivity contribution in [3.05, 3.63) is 126 Å². The zero-order chi connectivity index (χ0) is 27.3. The number of nitrogens with zero attached hydrogens (tertiary/aromatic N) is 2. The van der Waals surface area contributed by atoms with E-state index in [1.807, 2.05) is 91.0 Å². The fraction of sp³-hybridized carbons (Fsp3) is 0.133. The van der Waals surface area contributed by atoms with Crippen molar-refractivity contribution in [3.8, 4) is 11.5 Å². The summed E-state index contributed by atoms with van der Waals surface area (Å²) in [6, 6.07) is 27.3. The number of hydrazone groups is 1. The van der Waals surface area contributed by atoms with Gasteiger partial charge in [-0.05, 0) is 58.7 Å². The molecule has 0 aliphatic heterocycles. The van der Waals surface area contributed by atoms with Gasteiger partial charge in [-0.15, -0.1) is 12.4 Å². The standard InChI is InChI=1S/C30H30N6O3.ClH/c31-36-20-23-8-6-22(7-9-23)19-34-29(25-10-12-27(13-11-25)39-26-4-2-1-3-5-26)30(38)35-21-28(37)33-18-24-14-16-32-17-15-24;/h1-17,20,29,34H,18-19,21,31H2,(H,33,37)(H,35,38);1H. The molecular weight excluding hydrogens is 528 g/mol. The van der Waals surface area contributed by atoms with Gasteiger partial charge in [0.15, 0.2) is 0 Å². The number of benzene rings is 3. The molecule has 0 radical (unpaired) electrons. The number of halogens is 1. The van der Waals surface area contributed by atoms with Crippen molar-refractivity contribution >= 4 is 30.4 Å². The van der Waals surface area contributed by atoms with Crippen molar-refractivity contribution in [1.29, 1.82) is 0 Å². The van der Waals surface area contributed by atoms with E-state index in [0.29, 0.717) is 18.8 Å². The van der Waals surface area contributed by atoms with E-state index in [4.69, 9.17) is 10.6 Å². The van der Waals surface area contributed by atoms with Gasteiger partial charge >= 0.3 is 0 Å². The maximum Gasteiger partial charge on any atom is 0.242 e. The van der Waals surface area contributed by atoms with E-state index in [-0.39, 0.29) is 30.8 Å². The molecule has 0 bridgehead atoms. The minimum absolute atomic E-state index is 0. The van der Waals surface area contributed by atoms with Crippen LogP contribution in [0.1, 0.15) is 28.3 Å². The molecule has 1 atom stereocenters. The number of amides is 2. The minimum Gasteiger partial charge on any atom is -0.457 e. The smallest absolute Gasteiger partial charge is 0.242 e. The van der Waals surface area contributed by atoms with E-state index in [1.165, 1.54) is 0 Å². The van der Waals surface area contributed by atoms with Gasteiger partial charge in [-0.25, -0.2) is 0 Å². The van der Waals surface area contributed by atoms with Gasteiger partial charge in [0.05, 0.1) is 12.8 Å². The molecular formula is C30H31ClN6O3. The van der Waals surface area contributed by atoms with Crippen molar-refractivity contribution < 1.29 is 14.3 Å². The molecule has 0 saturated carbocycles. The number of hydrogen-bond acceptors (Lipinski definition) is 7. The summed E-state index contributed by atoms with van der Waals surface area (Å²) in [5, 5.41) is 12.4. The molecule has 1 unspecified atom stereocenters. The van der Waals surface area contributed by atoms with E-state index in [2.05, 4.69) is 26.0 Å². The van der Waals surface area contributed by atoms with Gasteiger partial charge in [-0.2, -0.15) is 5.10 Å². The van der Waals surface area contributed by atoms with Gasteiger partial charge in [0.1, 0.15) is 17.5 Å². The Labute approximate surface area is 239 Å². The number of aromatic nitrogens is 1. The van der Waals surface area contributed by atoms with Crippen molar-refractivity contribution in [3.63, 3.8) is 0 Å². The van der Waals surface area contributed by atoms with Crippen LogP contribution < -0.4 is 26.5 Å². The average molecular weight is 559 g/mol. The van der Waals surface area contributed by atoms with Crippen molar-refractivity contribution in [1.82, 2.24) is 20.9 Å². The number of pyridine rings is 1. The Balaban J connectivity index is 0.00000441. The summed E-state index contributed by atoms with van der Waals surface area (Å²) in [4.78, 5) is 29.6. The predicted molar refractivity (Wildman–Crippen MR) is 157 cm³/mol. The molecule has 0 saturated heterocycles. The Morgan fingerprint density at radius 3 is 2.15 bits per heavy atom. The number of rotatable bonds is 12. The summed E-state index contributed by atoms with van der Waals surface area (Å²) in [6.45, 7) is 0.631. The maximum absolute atomic E-state index is 13.2. The number of para-hydroxylation sites is 1. The van der Waals surface area contributed by atoms with Crippen molar-refractivity contribution in [2.45, 2.75) is 19.1 Å². The van der Waals surface area contributed by atoms with Crippen LogP contribution in [0.4, 0.5) is 0 Å². The third-order valence-electron chi connectivity index (χ3n) is 5.83. The van der Waals surface area contributed by atoms with E-state index < -0.39 is 6.04 Å². The second kappa shape index (κ2) is 15.6. The van der Waals surface area contributed by atoms with Crippen LogP contribution >= 0.6 is 12.4 Å². The molecule has 0 fully saturated rings. The minimum atomic E-state index is -0.700. The molecule has 40 heavy (non-hydrogen) atoms. The molecule has 9 nitrogen and oxygen atoms in total. The molecule has 4 aromatic rings. The lowest BCUT2D eigenvalue weighted by Crippen LogP contribution is -2.42. The predicted octanol–water partition coefficient (Wildman–Crippen LogP) is 3.85. The van der Waals surface area contributed by atoms with Crippen LogP contribution in [0.2, 0.25) is 0 Å². The fourth-order valence-corrected chi connectivity index (χ4v) is 3.78. The fourth-order valence-electron chi connectivity index (χ4n) is 3.78. The second-order valence-electron chi connectivity index (χ2n) is 8.67. The number of hydrogen-bond donors (Lipinski definition) is 4. The lowest BCUT2D eigenvalue weighted by molar-refractivity contribution is -0.127. The van der Waals surface area contributed by atoms with E-state index >= 15 is 0 Å². The van der Waals surface area contributed by atoms with Gasteiger partial charge in [0.2, 0.25) is 11.8 Å². The van der Waals surface area contributed by atoms with E-state index in [0.717, 1.165) is 28.0 Å². The summed E-state index contributed by atoms with van der Waals surface area (Å²) in [7, 11) is 0. The summed E-state index contributed by atoms with van der Waals surface area (Å²) in [5.74, 6) is 5.98. The van der Waals surface area contributed by atoms with Crippen LogP contribution in [0.5, 0.6) is 11.5 Å². The van der Waals surface area contributed by atoms with E-state index in [1.54, 1.807) is 18.6 Å². The molecule has 2 amide bonds. The van der Waals surface area contributed by atoms with Crippen LogP contribution in [0.25, 0.3) is 0 Å². The first kappa shape index (κ1) is 29.8. The highest BCUT2D eigenvalue weighted by Crippen LogP contribution is 2.24. The first-order chi connectivity index (χ1) is 19.1. The second-order valence-corrected chi connectivity index (χ2v) is 8.67. The summed E-state index contributed by atoms with van der Waals surface area (Å²) >= 11 is 0. The molecule has 206 valence electrons. The molecule has 5 N–H and O–H groups in total. The number of carbonyl (C=O) groups excluding carboxylic acids is 2. The third kappa shape index (κ3) is 9.23. The van der Waals surface area contributed by atoms with Crippen LogP contribution in [0.3, 0.4) is 0 Å². The molecule has 1 heterocycles. The van der Waals surface area contributed by atoms with Gasteiger partial charge in [0, 0.05) is 25.5 Å². The zero-order valence-corrected chi connectivity index (χ0v) is 22.5. The normalized spacial score (nSPS) is 11.3. The van der Waals surface area contributed by atoms with Gasteiger partial charge in [0.25, 0.3) is 0 Å². The third-order valence-corrected chi connectivity index (χ3v) is 5.83. The first-order valence-corrected chi connectivity index (χ1v) is 12.4. The van der Waals surface area contributed by atoms with Gasteiger partial charge in [-0.1, -0.05) is 54.6 Å². The number of ether oxygens (including phenoxy) is 1. The highest BCUT2D eigenvalue weighted by atomic mass is 35.5. The van der Waals surface area contributed by atoms with Crippen LogP contribution in [0, 0.1) is 0 Å². The zero-order valence-electron chi connectivity index (χ0n) is 21.7. The van der Waals surface area contributed by atoms with Crippen molar-refractivity contribution in [2.24, 2.45) is 10.9 Å². The van der Waals surface area contributed by atoms with E-state index in [9.17, 15) is 9.59 Å². The SMILES string of the molecule is Cl.NN=Cc1ccc(CNC(C(=O)NCC(=O)NCc2ccncc2)c2ccc(Oc3ccccc3)cc2)cc1. The van der Waals surface area contributed by atoms with Gasteiger partial charge < -0.3 is 21.2 Å². The highest BCUT2D eigenvalue weighted by molar-refractivity contribution is 5.88. The number of carbonyl (C=O) groups is 2. The average Bonchev–Trinajstić information content (AvgIpc) is 2.98. The Morgan fingerprint density at radius 2 is 1.48 bits per heavy atom. The summed E-state index contributed by atoms with van der Waals surface area (Å²) in [6.07, 6.45) is 4.89. The van der Waals surface area contributed by atoms with Crippen LogP contribution in [-0.4, -0.2) is 29.6 Å². The molecule has 1 aromatic heterocycles. The largest absolute Gasteiger partial charge is 0.457 e. The lowest BCUT2D eigenvalue weighted by Gasteiger charge is -2.19. The number of nitrogens with two attached hydrogens (primary N) is 1. The molecule has 3 aromatic carbocycles. The Morgan fingerprint density at radius 1 is 0.825 bits per heavy atom. The lowest BCUT2D eigenvalue weighted by atomic mass is 10.0. The highest BCUT2D eigenvalue weighted by Gasteiger charge is 2.21. The van der Waals surface area contributed by atoms with Crippen molar-refractivity contribution in [2.75, 3.05) is 6.54 Å². The maximum atomic E-state index is 13.2. The summed E-state index contributed by atoms with van der Waals surface area (Å²) < 4.78 is 5.88. The Kier molecular flexibility index (Phi) is 11.6. The monoisotopic (exact) mass is 558 g/mol. The van der Waals surface area contributed by atoms with Crippen LogP contribution in [-0.2, 0) is 22.7 Å². The molecule has 4 rings (SSSR count). The van der Waals surface area contributed by atoms with Gasteiger partial charge in [-0.3, -0.25) is 19.9 Å². The Bertz CT molecular complexity index is 1370. The Hall–Kier alpha value is -4.73. The first-order valence-electron chi connectivity index (χ1n) is 12.4. The molecule has 0 spiro atoms. The molecule has 0 aliphatic carbocycles.